The fraction of sp³-hybridized carbons (Fsp3) is 0.281. The molecule has 0 radical (unpaired) electrons. The van der Waals surface area contributed by atoms with Gasteiger partial charge in [-0.15, -0.1) is 16.3 Å². The Labute approximate surface area is 259 Å². The zero-order chi connectivity index (χ0) is 30.1. The average Bonchev–Trinajstić information content (AvgIpc) is 3.72. The molecule has 0 spiro atoms. The molecule has 4 heterocycles. The second-order valence-electron chi connectivity index (χ2n) is 10.2. The summed E-state index contributed by atoms with van der Waals surface area (Å²) in [4.78, 5) is 30.8. The molecule has 1 saturated heterocycles. The van der Waals surface area contributed by atoms with Gasteiger partial charge in [0.05, 0.1) is 19.8 Å². The zero-order valence-corrected chi connectivity index (χ0v) is 24.9. The second-order valence-corrected chi connectivity index (χ2v) is 11.4. The van der Waals surface area contributed by atoms with E-state index in [-0.39, 0.29) is 5.91 Å². The summed E-state index contributed by atoms with van der Waals surface area (Å²) in [6.45, 7) is 5.87. The number of aliphatic imine (C=N–C) groups is 1. The van der Waals surface area contributed by atoms with E-state index in [1.165, 1.54) is 11.3 Å². The molecule has 2 aromatic heterocycles. The Bertz CT molecular complexity index is 1660. The molecule has 2 aromatic carbocycles. The van der Waals surface area contributed by atoms with Crippen LogP contribution in [0.15, 0.2) is 78.2 Å². The van der Waals surface area contributed by atoms with Crippen molar-refractivity contribution in [2.45, 2.75) is 13.0 Å². The van der Waals surface area contributed by atoms with E-state index >= 15 is 0 Å². The molecule has 0 unspecified atom stereocenters. The number of nitriles is 1. The molecule has 0 atom stereocenters. The SMILES string of the molecule is N#C/N=C(\NCc1cnc(C(=O)N2CCc3c(-c4cccc(OCCN5CCOCC5)c4)cccc32)s1)Nc1ccncc1. The first-order chi connectivity index (χ1) is 21.7. The number of rotatable bonds is 9. The van der Waals surface area contributed by atoms with E-state index in [1.54, 1.807) is 36.9 Å². The second kappa shape index (κ2) is 14.1. The number of anilines is 2. The molecule has 4 aromatic rings. The Morgan fingerprint density at radius 1 is 1.11 bits per heavy atom. The van der Waals surface area contributed by atoms with E-state index in [0.717, 1.165) is 78.0 Å². The van der Waals surface area contributed by atoms with Gasteiger partial charge in [0, 0.05) is 61.0 Å². The van der Waals surface area contributed by atoms with Crippen molar-refractivity contribution in [1.82, 2.24) is 20.2 Å². The van der Waals surface area contributed by atoms with Crippen molar-refractivity contribution >= 4 is 34.6 Å². The zero-order valence-electron chi connectivity index (χ0n) is 24.1. The van der Waals surface area contributed by atoms with Crippen LogP contribution in [-0.2, 0) is 17.7 Å². The molecule has 12 heteroatoms. The fourth-order valence-electron chi connectivity index (χ4n) is 5.29. The first-order valence-corrected chi connectivity index (χ1v) is 15.3. The number of benzene rings is 2. The van der Waals surface area contributed by atoms with E-state index in [0.29, 0.717) is 30.7 Å². The molecule has 6 rings (SSSR count). The lowest BCUT2D eigenvalue weighted by Gasteiger charge is -2.26. The number of guanidine groups is 1. The summed E-state index contributed by atoms with van der Waals surface area (Å²) in [5.74, 6) is 1.01. The number of carbonyl (C=O) groups excluding carboxylic acids is 1. The Hall–Kier alpha value is -4.83. The Morgan fingerprint density at radius 3 is 2.80 bits per heavy atom. The highest BCUT2D eigenvalue weighted by Gasteiger charge is 2.29. The third-order valence-electron chi connectivity index (χ3n) is 7.47. The number of amides is 1. The third kappa shape index (κ3) is 7.03. The van der Waals surface area contributed by atoms with Gasteiger partial charge in [-0.1, -0.05) is 24.3 Å². The molecule has 11 nitrogen and oxygen atoms in total. The van der Waals surface area contributed by atoms with Crippen LogP contribution in [0.2, 0.25) is 0 Å². The van der Waals surface area contributed by atoms with Crippen LogP contribution in [0.5, 0.6) is 5.75 Å². The summed E-state index contributed by atoms with van der Waals surface area (Å²) < 4.78 is 11.5. The molecule has 2 aliphatic heterocycles. The van der Waals surface area contributed by atoms with Crippen molar-refractivity contribution < 1.29 is 14.3 Å². The normalized spacial score (nSPS) is 15.0. The van der Waals surface area contributed by atoms with E-state index in [2.05, 4.69) is 48.7 Å². The summed E-state index contributed by atoms with van der Waals surface area (Å²) in [5.41, 5.74) is 4.97. The summed E-state index contributed by atoms with van der Waals surface area (Å²) in [6.07, 6.45) is 7.53. The maximum Gasteiger partial charge on any atom is 0.287 e. The van der Waals surface area contributed by atoms with Crippen molar-refractivity contribution in [2.75, 3.05) is 56.2 Å². The van der Waals surface area contributed by atoms with Gasteiger partial charge in [0.25, 0.3) is 5.91 Å². The quantitative estimate of drug-likeness (QED) is 0.164. The van der Waals surface area contributed by atoms with Gasteiger partial charge in [-0.3, -0.25) is 14.7 Å². The molecular weight excluding hydrogens is 576 g/mol. The van der Waals surface area contributed by atoms with Crippen molar-refractivity contribution in [2.24, 2.45) is 4.99 Å². The molecule has 0 bridgehead atoms. The van der Waals surface area contributed by atoms with Gasteiger partial charge in [0.2, 0.25) is 12.2 Å². The molecule has 0 saturated carbocycles. The van der Waals surface area contributed by atoms with Crippen LogP contribution in [0.3, 0.4) is 0 Å². The highest BCUT2D eigenvalue weighted by Crippen LogP contribution is 2.38. The van der Waals surface area contributed by atoms with E-state index < -0.39 is 0 Å². The van der Waals surface area contributed by atoms with Crippen molar-refractivity contribution in [3.63, 3.8) is 0 Å². The third-order valence-corrected chi connectivity index (χ3v) is 8.45. The van der Waals surface area contributed by atoms with Gasteiger partial charge >= 0.3 is 0 Å². The van der Waals surface area contributed by atoms with Crippen molar-refractivity contribution in [3.05, 3.63) is 88.6 Å². The summed E-state index contributed by atoms with van der Waals surface area (Å²) >= 11 is 1.32. The molecular formula is C32H32N8O3S. The number of aromatic nitrogens is 2. The maximum atomic E-state index is 13.6. The largest absolute Gasteiger partial charge is 0.492 e. The minimum absolute atomic E-state index is 0.127. The fourth-order valence-corrected chi connectivity index (χ4v) is 6.10. The number of morpholine rings is 1. The Balaban J connectivity index is 1.10. The number of pyridine rings is 1. The number of hydrogen-bond donors (Lipinski definition) is 2. The molecule has 1 amide bonds. The Kier molecular flexibility index (Phi) is 9.37. The van der Waals surface area contributed by atoms with Crippen LogP contribution in [0, 0.1) is 11.5 Å². The van der Waals surface area contributed by atoms with Gasteiger partial charge in [0.1, 0.15) is 12.4 Å². The van der Waals surface area contributed by atoms with Crippen LogP contribution >= 0.6 is 11.3 Å². The predicted molar refractivity (Wildman–Crippen MR) is 170 cm³/mol. The maximum absolute atomic E-state index is 13.6. The van der Waals surface area contributed by atoms with Gasteiger partial charge in [-0.05, 0) is 53.4 Å². The highest BCUT2D eigenvalue weighted by molar-refractivity contribution is 7.13. The number of fused-ring (bicyclic) bond motifs is 1. The number of nitrogens with one attached hydrogen (secondary N) is 2. The number of carbonyl (C=O) groups is 1. The van der Waals surface area contributed by atoms with Gasteiger partial charge in [0.15, 0.2) is 5.01 Å². The number of thiazole rings is 1. The van der Waals surface area contributed by atoms with Crippen LogP contribution in [-0.4, -0.2) is 72.7 Å². The highest BCUT2D eigenvalue weighted by atomic mass is 32.1. The average molecular weight is 609 g/mol. The standard InChI is InChI=1S/C32H32N8O3S/c33-22-37-32(38-24-7-10-34-11-8-24)36-21-26-20-35-30(44-26)31(41)40-12-9-28-27(5-2-6-29(28)40)23-3-1-4-25(19-23)43-18-15-39-13-16-42-17-14-39/h1-8,10-11,19-20H,9,12-18,21H2,(H2,34,36,37,38). The lowest BCUT2D eigenvalue weighted by Crippen LogP contribution is -2.38. The first-order valence-electron chi connectivity index (χ1n) is 14.5. The van der Waals surface area contributed by atoms with Gasteiger partial charge < -0.3 is 25.0 Å². The minimum Gasteiger partial charge on any atom is -0.492 e. The monoisotopic (exact) mass is 608 g/mol. The summed E-state index contributed by atoms with van der Waals surface area (Å²) in [7, 11) is 0. The van der Waals surface area contributed by atoms with E-state index in [4.69, 9.17) is 14.7 Å². The van der Waals surface area contributed by atoms with Crippen LogP contribution in [0.25, 0.3) is 11.1 Å². The van der Waals surface area contributed by atoms with Gasteiger partial charge in [-0.2, -0.15) is 5.26 Å². The lowest BCUT2D eigenvalue weighted by molar-refractivity contribution is 0.0322. The number of hydrogen-bond acceptors (Lipinski definition) is 9. The van der Waals surface area contributed by atoms with Crippen LogP contribution < -0.4 is 20.3 Å². The van der Waals surface area contributed by atoms with Crippen LogP contribution in [0.1, 0.15) is 20.2 Å². The van der Waals surface area contributed by atoms with E-state index in [9.17, 15) is 4.79 Å². The smallest absolute Gasteiger partial charge is 0.287 e. The van der Waals surface area contributed by atoms with Crippen molar-refractivity contribution in [1.29, 1.82) is 5.26 Å². The Morgan fingerprint density at radius 2 is 1.95 bits per heavy atom. The first kappa shape index (κ1) is 29.3. The summed E-state index contributed by atoms with van der Waals surface area (Å²) in [5, 5.41) is 15.6. The van der Waals surface area contributed by atoms with Gasteiger partial charge in [-0.25, -0.2) is 4.98 Å². The molecule has 2 N–H and O–H groups in total. The van der Waals surface area contributed by atoms with Crippen molar-refractivity contribution in [3.8, 4) is 23.1 Å². The summed E-state index contributed by atoms with van der Waals surface area (Å²) in [6, 6.07) is 17.8. The topological polar surface area (TPSA) is 128 Å². The molecule has 1 fully saturated rings. The number of nitrogens with zero attached hydrogens (tertiary/aromatic N) is 6. The minimum atomic E-state index is -0.127. The lowest BCUT2D eigenvalue weighted by atomic mass is 9.98. The van der Waals surface area contributed by atoms with E-state index in [1.807, 2.05) is 29.2 Å². The molecule has 2 aliphatic rings. The van der Waals surface area contributed by atoms with Crippen LogP contribution in [0.4, 0.5) is 11.4 Å². The number of ether oxygens (including phenoxy) is 2. The molecule has 0 aliphatic carbocycles. The molecule has 44 heavy (non-hydrogen) atoms. The predicted octanol–water partition coefficient (Wildman–Crippen LogP) is 4.16. The molecule has 224 valence electrons.